The zero-order valence-electron chi connectivity index (χ0n) is 7.95. The predicted octanol–water partition coefficient (Wildman–Crippen LogP) is 1.59. The Labute approximate surface area is 78.2 Å². The molecule has 0 bridgehead atoms. The Hall–Kier alpha value is -0.770. The molecule has 0 amide bonds. The second-order valence-corrected chi connectivity index (χ2v) is 3.05. The zero-order valence-corrected chi connectivity index (χ0v) is 7.95. The van der Waals surface area contributed by atoms with Crippen LogP contribution in [-0.4, -0.2) is 32.6 Å². The van der Waals surface area contributed by atoms with Gasteiger partial charge in [-0.1, -0.05) is 0 Å². The van der Waals surface area contributed by atoms with Gasteiger partial charge in [-0.2, -0.15) is 0 Å². The molecule has 0 radical (unpaired) electrons. The molecule has 1 fully saturated rings. The third-order valence-corrected chi connectivity index (χ3v) is 2.04. The van der Waals surface area contributed by atoms with Gasteiger partial charge in [-0.15, -0.1) is 0 Å². The van der Waals surface area contributed by atoms with Gasteiger partial charge in [-0.05, 0) is 25.7 Å². The fourth-order valence-corrected chi connectivity index (χ4v) is 1.26. The highest BCUT2D eigenvalue weighted by Crippen LogP contribution is 2.14. The normalized spacial score (nSPS) is 18.2. The summed E-state index contributed by atoms with van der Waals surface area (Å²) in [4.78, 5) is 10.8. The monoisotopic (exact) mass is 188 g/mol. The van der Waals surface area contributed by atoms with Gasteiger partial charge in [-0.25, -0.2) is 4.79 Å². The average molecular weight is 188 g/mol. The highest BCUT2D eigenvalue weighted by atomic mass is 16.7. The van der Waals surface area contributed by atoms with Crippen LogP contribution in [0, 0.1) is 5.92 Å². The van der Waals surface area contributed by atoms with E-state index in [1.165, 1.54) is 0 Å². The van der Waals surface area contributed by atoms with E-state index in [1.54, 1.807) is 6.92 Å². The van der Waals surface area contributed by atoms with Crippen LogP contribution in [0.5, 0.6) is 0 Å². The third kappa shape index (κ3) is 4.12. The first-order chi connectivity index (χ1) is 6.33. The molecule has 0 saturated carbocycles. The maximum Gasteiger partial charge on any atom is 0.508 e. The molecule has 1 aliphatic rings. The van der Waals surface area contributed by atoms with E-state index in [0.29, 0.717) is 19.1 Å². The number of hydrogen-bond acceptors (Lipinski definition) is 4. The van der Waals surface area contributed by atoms with E-state index >= 15 is 0 Å². The van der Waals surface area contributed by atoms with Crippen molar-refractivity contribution in [2.45, 2.75) is 19.8 Å². The van der Waals surface area contributed by atoms with Crippen LogP contribution in [0.4, 0.5) is 4.79 Å². The summed E-state index contributed by atoms with van der Waals surface area (Å²) in [6.07, 6.45) is 1.38. The van der Waals surface area contributed by atoms with Crippen molar-refractivity contribution in [2.24, 2.45) is 5.92 Å². The van der Waals surface area contributed by atoms with Crippen LogP contribution in [0.15, 0.2) is 0 Å². The number of ether oxygens (including phenoxy) is 3. The molecule has 0 spiro atoms. The van der Waals surface area contributed by atoms with Crippen LogP contribution in [0.25, 0.3) is 0 Å². The van der Waals surface area contributed by atoms with Crippen molar-refractivity contribution >= 4 is 6.16 Å². The van der Waals surface area contributed by atoms with Gasteiger partial charge in [0.25, 0.3) is 0 Å². The second kappa shape index (κ2) is 5.80. The lowest BCUT2D eigenvalue weighted by Gasteiger charge is -2.21. The first-order valence-corrected chi connectivity index (χ1v) is 4.70. The van der Waals surface area contributed by atoms with Crippen LogP contribution in [0.3, 0.4) is 0 Å². The molecule has 0 aromatic rings. The lowest BCUT2D eigenvalue weighted by Crippen LogP contribution is -2.22. The summed E-state index contributed by atoms with van der Waals surface area (Å²) >= 11 is 0. The molecule has 4 heteroatoms. The summed E-state index contributed by atoms with van der Waals surface area (Å²) in [7, 11) is 0. The molecule has 0 unspecified atom stereocenters. The van der Waals surface area contributed by atoms with Gasteiger partial charge >= 0.3 is 6.16 Å². The van der Waals surface area contributed by atoms with Crippen LogP contribution in [-0.2, 0) is 14.2 Å². The van der Waals surface area contributed by atoms with E-state index in [1.807, 2.05) is 0 Å². The quantitative estimate of drug-likeness (QED) is 0.631. The highest BCUT2D eigenvalue weighted by Gasteiger charge is 2.15. The van der Waals surface area contributed by atoms with E-state index in [2.05, 4.69) is 4.74 Å². The minimum Gasteiger partial charge on any atom is -0.435 e. The van der Waals surface area contributed by atoms with Gasteiger partial charge in [0, 0.05) is 13.2 Å². The van der Waals surface area contributed by atoms with Gasteiger partial charge in [-0.3, -0.25) is 0 Å². The summed E-state index contributed by atoms with van der Waals surface area (Å²) in [5.74, 6) is 0.443. The Kier molecular flexibility index (Phi) is 4.60. The Balaban J connectivity index is 2.06. The van der Waals surface area contributed by atoms with Crippen molar-refractivity contribution in [1.82, 2.24) is 0 Å². The van der Waals surface area contributed by atoms with Crippen molar-refractivity contribution in [3.63, 3.8) is 0 Å². The summed E-state index contributed by atoms with van der Waals surface area (Å²) in [5, 5.41) is 0. The van der Waals surface area contributed by atoms with E-state index in [4.69, 9.17) is 9.47 Å². The van der Waals surface area contributed by atoms with Gasteiger partial charge in [0.1, 0.15) is 0 Å². The van der Waals surface area contributed by atoms with Crippen LogP contribution in [0.2, 0.25) is 0 Å². The largest absolute Gasteiger partial charge is 0.508 e. The van der Waals surface area contributed by atoms with Crippen LogP contribution < -0.4 is 0 Å². The Morgan fingerprint density at radius 1 is 1.38 bits per heavy atom. The summed E-state index contributed by atoms with van der Waals surface area (Å²) < 4.78 is 14.7. The molecule has 13 heavy (non-hydrogen) atoms. The minimum atomic E-state index is -0.561. The van der Waals surface area contributed by atoms with E-state index in [-0.39, 0.29) is 0 Å². The summed E-state index contributed by atoms with van der Waals surface area (Å²) in [5.41, 5.74) is 0. The first-order valence-electron chi connectivity index (χ1n) is 4.70. The smallest absolute Gasteiger partial charge is 0.435 e. The molecule has 1 saturated heterocycles. The molecule has 76 valence electrons. The van der Waals surface area contributed by atoms with Gasteiger partial charge < -0.3 is 14.2 Å². The molecule has 1 aliphatic heterocycles. The van der Waals surface area contributed by atoms with E-state index < -0.39 is 6.16 Å². The van der Waals surface area contributed by atoms with Crippen LogP contribution in [0.1, 0.15) is 19.8 Å². The fourth-order valence-electron chi connectivity index (χ4n) is 1.26. The molecule has 1 heterocycles. The zero-order chi connectivity index (χ0) is 9.52. The maximum atomic E-state index is 10.8. The van der Waals surface area contributed by atoms with Gasteiger partial charge in [0.2, 0.25) is 0 Å². The van der Waals surface area contributed by atoms with Crippen molar-refractivity contribution in [1.29, 1.82) is 0 Å². The second-order valence-electron chi connectivity index (χ2n) is 3.05. The lowest BCUT2D eigenvalue weighted by molar-refractivity contribution is 0.0139. The Morgan fingerprint density at radius 2 is 2.08 bits per heavy atom. The minimum absolute atomic E-state index is 0.368. The SMILES string of the molecule is CCOC(=O)OCC1CCOCC1. The fraction of sp³-hybridized carbons (Fsp3) is 0.889. The van der Waals surface area contributed by atoms with Crippen molar-refractivity contribution in [3.8, 4) is 0 Å². The number of carbonyl (C=O) groups excluding carboxylic acids is 1. The molecule has 0 aromatic heterocycles. The number of hydrogen-bond donors (Lipinski definition) is 0. The molecule has 0 aliphatic carbocycles. The third-order valence-electron chi connectivity index (χ3n) is 2.04. The molecule has 0 N–H and O–H groups in total. The topological polar surface area (TPSA) is 44.8 Å². The van der Waals surface area contributed by atoms with E-state index in [0.717, 1.165) is 26.1 Å². The van der Waals surface area contributed by atoms with E-state index in [9.17, 15) is 4.79 Å². The number of rotatable bonds is 3. The first kappa shape index (κ1) is 10.3. The number of carbonyl (C=O) groups is 1. The van der Waals surface area contributed by atoms with Crippen molar-refractivity contribution in [3.05, 3.63) is 0 Å². The van der Waals surface area contributed by atoms with Gasteiger partial charge in [0.05, 0.1) is 13.2 Å². The maximum absolute atomic E-state index is 10.8. The summed E-state index contributed by atoms with van der Waals surface area (Å²) in [6.45, 7) is 4.14. The molecule has 0 aromatic carbocycles. The molecule has 4 nitrogen and oxygen atoms in total. The standard InChI is InChI=1S/C9H16O4/c1-2-12-9(10)13-7-8-3-5-11-6-4-8/h8H,2-7H2,1H3. The molecular weight excluding hydrogens is 172 g/mol. The highest BCUT2D eigenvalue weighted by molar-refractivity contribution is 5.59. The molecule has 1 rings (SSSR count). The average Bonchev–Trinajstić information content (AvgIpc) is 2.17. The molecular formula is C9H16O4. The van der Waals surface area contributed by atoms with Crippen molar-refractivity contribution in [2.75, 3.05) is 26.4 Å². The Bertz CT molecular complexity index is 152. The van der Waals surface area contributed by atoms with Crippen LogP contribution >= 0.6 is 0 Å². The Morgan fingerprint density at radius 3 is 2.69 bits per heavy atom. The molecule has 0 atom stereocenters. The predicted molar refractivity (Wildman–Crippen MR) is 46.5 cm³/mol. The van der Waals surface area contributed by atoms with Crippen molar-refractivity contribution < 1.29 is 19.0 Å². The van der Waals surface area contributed by atoms with Gasteiger partial charge in [0.15, 0.2) is 0 Å². The lowest BCUT2D eigenvalue weighted by atomic mass is 10.0. The summed E-state index contributed by atoms with van der Waals surface area (Å²) in [6, 6.07) is 0.